The van der Waals surface area contributed by atoms with E-state index in [0.29, 0.717) is 43.2 Å². The van der Waals surface area contributed by atoms with Crippen LogP contribution in [0.3, 0.4) is 0 Å². The molecule has 1 saturated heterocycles. The molecule has 39 heavy (non-hydrogen) atoms. The van der Waals surface area contributed by atoms with Crippen molar-refractivity contribution >= 4 is 28.0 Å². The fourth-order valence-corrected chi connectivity index (χ4v) is 5.40. The Kier molecular flexibility index (Phi) is 6.98. The van der Waals surface area contributed by atoms with Crippen molar-refractivity contribution in [1.82, 2.24) is 29.8 Å². The van der Waals surface area contributed by atoms with Crippen LogP contribution in [0.1, 0.15) is 38.5 Å². The molecule has 4 aromatic rings. The van der Waals surface area contributed by atoms with Gasteiger partial charge in [-0.2, -0.15) is 4.98 Å². The van der Waals surface area contributed by atoms with Crippen LogP contribution in [0.15, 0.2) is 36.8 Å². The second-order valence-corrected chi connectivity index (χ2v) is 10.4. The van der Waals surface area contributed by atoms with Crippen molar-refractivity contribution in [3.05, 3.63) is 36.8 Å². The number of hydrogen-bond acceptors (Lipinski definition) is 8. The van der Waals surface area contributed by atoms with E-state index in [1.807, 2.05) is 24.4 Å². The average Bonchev–Trinajstić information content (AvgIpc) is 3.33. The minimum Gasteiger partial charge on any atom is -0.473 e. The monoisotopic (exact) mass is 541 g/mol. The molecule has 2 fully saturated rings. The van der Waals surface area contributed by atoms with Crippen LogP contribution in [-0.4, -0.2) is 74.6 Å². The summed E-state index contributed by atoms with van der Waals surface area (Å²) in [4.78, 5) is 23.8. The van der Waals surface area contributed by atoms with E-state index in [1.165, 1.54) is 0 Å². The Hall–Kier alpha value is -3.51. The van der Waals surface area contributed by atoms with E-state index >= 15 is 0 Å². The smallest absolute Gasteiger partial charge is 0.473 e. The van der Waals surface area contributed by atoms with Gasteiger partial charge in [0.1, 0.15) is 11.8 Å². The average molecular weight is 542 g/mol. The lowest BCUT2D eigenvalue weighted by molar-refractivity contribution is -0.345. The van der Waals surface area contributed by atoms with Gasteiger partial charge in [0.25, 0.3) is 0 Å². The third kappa shape index (κ3) is 6.06. The summed E-state index contributed by atoms with van der Waals surface area (Å²) in [5.41, 5.74) is 4.09. The number of nitrogens with zero attached hydrogens (tertiary/aromatic N) is 5. The third-order valence-corrected chi connectivity index (χ3v) is 7.52. The summed E-state index contributed by atoms with van der Waals surface area (Å²) < 4.78 is 47.7. The summed E-state index contributed by atoms with van der Waals surface area (Å²) in [6, 6.07) is 5.91. The molecule has 1 aliphatic carbocycles. The van der Waals surface area contributed by atoms with Gasteiger partial charge in [-0.1, -0.05) is 6.07 Å². The maximum Gasteiger partial charge on any atom is 0.522 e. The zero-order valence-electron chi connectivity index (χ0n) is 21.5. The number of likely N-dealkylation sites (tertiary alicyclic amines) is 1. The molecule has 206 valence electrons. The van der Waals surface area contributed by atoms with Crippen molar-refractivity contribution in [2.45, 2.75) is 63.1 Å². The SMILES string of the molecule is CN1CCC(Oc2cnc3ccc(-c4c[nH]c5nc(NC6CCC(OC(F)(F)F)CC6)ncc45)cc3n2)CC1. The highest BCUT2D eigenvalue weighted by atomic mass is 19.4. The maximum absolute atomic E-state index is 12.5. The van der Waals surface area contributed by atoms with Gasteiger partial charge >= 0.3 is 6.36 Å². The van der Waals surface area contributed by atoms with Gasteiger partial charge in [-0.05, 0) is 63.3 Å². The van der Waals surface area contributed by atoms with Crippen LogP contribution < -0.4 is 10.1 Å². The molecule has 4 heterocycles. The Bertz CT molecular complexity index is 1440. The summed E-state index contributed by atoms with van der Waals surface area (Å²) in [7, 11) is 2.12. The summed E-state index contributed by atoms with van der Waals surface area (Å²) in [6.07, 6.45) is 3.80. The zero-order chi connectivity index (χ0) is 27.0. The van der Waals surface area contributed by atoms with Gasteiger partial charge in [0.15, 0.2) is 0 Å². The van der Waals surface area contributed by atoms with Crippen molar-refractivity contribution in [3.63, 3.8) is 0 Å². The Morgan fingerprint density at radius 2 is 1.74 bits per heavy atom. The number of aromatic amines is 1. The number of H-pyrrole nitrogens is 1. The number of fused-ring (bicyclic) bond motifs is 2. The largest absolute Gasteiger partial charge is 0.522 e. The molecule has 0 amide bonds. The maximum atomic E-state index is 12.5. The van der Waals surface area contributed by atoms with Gasteiger partial charge in [0.05, 0.1) is 23.3 Å². The predicted molar refractivity (Wildman–Crippen MR) is 140 cm³/mol. The number of halogens is 3. The number of rotatable bonds is 6. The lowest BCUT2D eigenvalue weighted by Gasteiger charge is -2.29. The van der Waals surface area contributed by atoms with E-state index in [9.17, 15) is 13.2 Å². The first kappa shape index (κ1) is 25.8. The van der Waals surface area contributed by atoms with Crippen LogP contribution in [0.4, 0.5) is 19.1 Å². The molecule has 0 radical (unpaired) electrons. The standard InChI is InChI=1S/C27H30F3N7O2/c1-37-10-8-18(9-11-37)38-24-15-31-22-7-2-16(12-23(22)35-24)20-13-32-25-21(20)14-33-26(36-25)34-17-3-5-19(6-4-17)39-27(28,29)30/h2,7,12-15,17-19H,3-6,8-11H2,1H3,(H2,32,33,34,36). The van der Waals surface area contributed by atoms with Crippen LogP contribution in [0.5, 0.6) is 5.88 Å². The van der Waals surface area contributed by atoms with E-state index in [0.717, 1.165) is 53.5 Å². The second-order valence-electron chi connectivity index (χ2n) is 10.4. The second kappa shape index (κ2) is 10.6. The number of alkyl halides is 3. The molecule has 2 aliphatic rings. The van der Waals surface area contributed by atoms with Crippen LogP contribution in [0.2, 0.25) is 0 Å². The molecular formula is C27H30F3N7O2. The van der Waals surface area contributed by atoms with Crippen molar-refractivity contribution in [2.75, 3.05) is 25.5 Å². The summed E-state index contributed by atoms with van der Waals surface area (Å²) in [6.45, 7) is 2.02. The van der Waals surface area contributed by atoms with Crippen LogP contribution >= 0.6 is 0 Å². The van der Waals surface area contributed by atoms with Crippen molar-refractivity contribution in [3.8, 4) is 17.0 Å². The molecule has 0 bridgehead atoms. The van der Waals surface area contributed by atoms with E-state index < -0.39 is 12.5 Å². The predicted octanol–water partition coefficient (Wildman–Crippen LogP) is 5.30. The summed E-state index contributed by atoms with van der Waals surface area (Å²) in [5, 5.41) is 4.11. The van der Waals surface area contributed by atoms with Crippen LogP contribution in [-0.2, 0) is 4.74 Å². The minimum atomic E-state index is -4.59. The Balaban J connectivity index is 1.15. The highest BCUT2D eigenvalue weighted by molar-refractivity contribution is 5.95. The molecule has 0 atom stereocenters. The fourth-order valence-electron chi connectivity index (χ4n) is 5.40. The fraction of sp³-hybridized carbons (Fsp3) is 0.481. The van der Waals surface area contributed by atoms with E-state index in [1.54, 1.807) is 12.4 Å². The third-order valence-electron chi connectivity index (χ3n) is 7.52. The minimum absolute atomic E-state index is 0.00466. The first-order valence-electron chi connectivity index (χ1n) is 13.3. The molecule has 9 nitrogen and oxygen atoms in total. The topological polar surface area (TPSA) is 101 Å². The highest BCUT2D eigenvalue weighted by Crippen LogP contribution is 2.32. The normalized spacial score (nSPS) is 21.4. The van der Waals surface area contributed by atoms with Gasteiger partial charge < -0.3 is 19.9 Å². The van der Waals surface area contributed by atoms with E-state index in [2.05, 4.69) is 41.9 Å². The van der Waals surface area contributed by atoms with Gasteiger partial charge in [0.2, 0.25) is 11.8 Å². The first-order valence-corrected chi connectivity index (χ1v) is 13.3. The molecule has 0 spiro atoms. The van der Waals surface area contributed by atoms with E-state index in [4.69, 9.17) is 9.72 Å². The molecular weight excluding hydrogens is 511 g/mol. The lowest BCUT2D eigenvalue weighted by atomic mass is 9.93. The number of aromatic nitrogens is 5. The molecule has 1 aromatic carbocycles. The van der Waals surface area contributed by atoms with Gasteiger partial charge in [-0.25, -0.2) is 15.0 Å². The zero-order valence-corrected chi connectivity index (χ0v) is 21.5. The summed E-state index contributed by atoms with van der Waals surface area (Å²) in [5.74, 6) is 0.974. The molecule has 1 saturated carbocycles. The van der Waals surface area contributed by atoms with Gasteiger partial charge in [-0.3, -0.25) is 4.74 Å². The quantitative estimate of drug-likeness (QED) is 0.339. The molecule has 12 heteroatoms. The molecule has 1 aliphatic heterocycles. The molecule has 0 unspecified atom stereocenters. The van der Waals surface area contributed by atoms with E-state index in [-0.39, 0.29) is 12.1 Å². The van der Waals surface area contributed by atoms with Gasteiger partial charge in [-0.15, -0.1) is 13.2 Å². The Morgan fingerprint density at radius 3 is 2.51 bits per heavy atom. The first-order chi connectivity index (χ1) is 18.8. The molecule has 6 rings (SSSR count). The number of piperidine rings is 1. The summed E-state index contributed by atoms with van der Waals surface area (Å²) >= 11 is 0. The van der Waals surface area contributed by atoms with Crippen molar-refractivity contribution in [2.24, 2.45) is 0 Å². The lowest BCUT2D eigenvalue weighted by Crippen LogP contribution is -2.35. The Labute approximate surface area is 223 Å². The number of benzene rings is 1. The molecule has 2 N–H and O–H groups in total. The van der Waals surface area contributed by atoms with Crippen LogP contribution in [0.25, 0.3) is 33.2 Å². The van der Waals surface area contributed by atoms with Crippen molar-refractivity contribution < 1.29 is 22.6 Å². The van der Waals surface area contributed by atoms with Crippen LogP contribution in [0, 0.1) is 0 Å². The number of nitrogens with one attached hydrogen (secondary N) is 2. The number of hydrogen-bond donors (Lipinski definition) is 2. The Morgan fingerprint density at radius 1 is 0.949 bits per heavy atom. The van der Waals surface area contributed by atoms with Crippen molar-refractivity contribution in [1.29, 1.82) is 0 Å². The molecule has 3 aromatic heterocycles. The van der Waals surface area contributed by atoms with Gasteiger partial charge in [0, 0.05) is 42.5 Å². The number of anilines is 1. The number of ether oxygens (including phenoxy) is 2. The highest BCUT2D eigenvalue weighted by Gasteiger charge is 2.35.